The summed E-state index contributed by atoms with van der Waals surface area (Å²) in [4.78, 5) is 30.2. The highest BCUT2D eigenvalue weighted by molar-refractivity contribution is 6.35. The van der Waals surface area contributed by atoms with Crippen molar-refractivity contribution in [2.75, 3.05) is 0 Å². The summed E-state index contributed by atoms with van der Waals surface area (Å²) in [6.45, 7) is 8.49. The summed E-state index contributed by atoms with van der Waals surface area (Å²) in [6, 6.07) is 9.02. The van der Waals surface area contributed by atoms with E-state index in [1.807, 2.05) is 25.1 Å². The van der Waals surface area contributed by atoms with E-state index in [0.717, 1.165) is 11.1 Å². The Morgan fingerprint density at radius 1 is 0.966 bits per heavy atom. The summed E-state index contributed by atoms with van der Waals surface area (Å²) < 4.78 is 0. The number of aliphatic hydroxyl groups is 1. The highest BCUT2D eigenvalue weighted by atomic mass is 35.5. The van der Waals surface area contributed by atoms with Crippen LogP contribution in [0.25, 0.3) is 16.7 Å². The molecule has 0 amide bonds. The summed E-state index contributed by atoms with van der Waals surface area (Å²) in [5, 5.41) is 11.5. The van der Waals surface area contributed by atoms with Gasteiger partial charge in [0, 0.05) is 5.56 Å². The Kier molecular flexibility index (Phi) is 5.39. The van der Waals surface area contributed by atoms with Gasteiger partial charge in [-0.1, -0.05) is 42.3 Å². The molecule has 1 N–H and O–H groups in total. The zero-order valence-electron chi connectivity index (χ0n) is 17.1. The SMILES string of the molecule is CCc1ccc(-c2ccc(Cl)nc2Cl)cc1C1=C(O)C(C)(C)C(=O)C(C)(C)C1=O. The second kappa shape index (κ2) is 7.26. The van der Waals surface area contributed by atoms with Crippen LogP contribution in [0.3, 0.4) is 0 Å². The number of carbonyl (C=O) groups is 2. The monoisotopic (exact) mass is 431 g/mol. The van der Waals surface area contributed by atoms with Crippen LogP contribution in [0.4, 0.5) is 0 Å². The van der Waals surface area contributed by atoms with Crippen LogP contribution in [-0.2, 0) is 16.0 Å². The molecule has 0 spiro atoms. The Bertz CT molecular complexity index is 1070. The molecule has 0 saturated heterocycles. The molecular weight excluding hydrogens is 409 g/mol. The first-order valence-corrected chi connectivity index (χ1v) is 10.2. The van der Waals surface area contributed by atoms with Gasteiger partial charge in [0.05, 0.1) is 16.4 Å². The molecule has 29 heavy (non-hydrogen) atoms. The molecule has 0 radical (unpaired) electrons. The molecule has 1 heterocycles. The van der Waals surface area contributed by atoms with Gasteiger partial charge >= 0.3 is 0 Å². The number of aromatic nitrogens is 1. The van der Waals surface area contributed by atoms with Crippen LogP contribution >= 0.6 is 23.2 Å². The lowest BCUT2D eigenvalue weighted by Gasteiger charge is -2.38. The van der Waals surface area contributed by atoms with Gasteiger partial charge in [-0.2, -0.15) is 0 Å². The summed E-state index contributed by atoms with van der Waals surface area (Å²) in [6.07, 6.45) is 0.654. The normalized spacial score (nSPS) is 18.3. The van der Waals surface area contributed by atoms with Gasteiger partial charge in [-0.3, -0.25) is 9.59 Å². The number of rotatable bonds is 3. The topological polar surface area (TPSA) is 67.3 Å². The number of pyridine rings is 1. The number of nitrogens with zero attached hydrogens (tertiary/aromatic N) is 1. The largest absolute Gasteiger partial charge is 0.510 e. The lowest BCUT2D eigenvalue weighted by atomic mass is 9.62. The zero-order valence-corrected chi connectivity index (χ0v) is 18.6. The fourth-order valence-corrected chi connectivity index (χ4v) is 4.34. The van der Waals surface area contributed by atoms with E-state index >= 15 is 0 Å². The summed E-state index contributed by atoms with van der Waals surface area (Å²) >= 11 is 12.2. The van der Waals surface area contributed by atoms with Gasteiger partial charge in [-0.05, 0) is 69.0 Å². The van der Waals surface area contributed by atoms with Crippen molar-refractivity contribution < 1.29 is 14.7 Å². The molecule has 0 unspecified atom stereocenters. The standard InChI is InChI=1S/C23H23Cl2NO3/c1-6-12-7-8-13(14-9-10-16(24)26-20(14)25)11-15(12)17-18(27)22(2,3)21(29)23(4,5)19(17)28/h7-11,27H,6H2,1-5H3. The maximum atomic E-state index is 13.3. The van der Waals surface area contributed by atoms with Crippen LogP contribution in [-0.4, -0.2) is 21.7 Å². The highest BCUT2D eigenvalue weighted by Gasteiger charge is 2.53. The third kappa shape index (κ3) is 3.38. The van der Waals surface area contributed by atoms with Gasteiger partial charge in [-0.15, -0.1) is 0 Å². The van der Waals surface area contributed by atoms with E-state index in [-0.39, 0.29) is 33.2 Å². The summed E-state index contributed by atoms with van der Waals surface area (Å²) in [5.41, 5.74) is 0.703. The molecule has 152 valence electrons. The second-order valence-corrected chi connectivity index (χ2v) is 9.07. The third-order valence-corrected chi connectivity index (χ3v) is 6.14. The molecule has 4 nitrogen and oxygen atoms in total. The number of carbonyl (C=O) groups excluding carboxylic acids is 2. The van der Waals surface area contributed by atoms with Gasteiger partial charge < -0.3 is 5.11 Å². The fourth-order valence-electron chi connectivity index (χ4n) is 3.89. The van der Waals surface area contributed by atoms with Crippen LogP contribution < -0.4 is 0 Å². The Labute approximate surface area is 180 Å². The minimum Gasteiger partial charge on any atom is -0.510 e. The molecule has 2 aromatic rings. The molecule has 6 heteroatoms. The molecule has 0 saturated carbocycles. The minimum absolute atomic E-state index is 0.191. The number of allylic oxidation sites excluding steroid dienone is 2. The molecular formula is C23H23Cl2NO3. The number of aryl methyl sites for hydroxylation is 1. The Morgan fingerprint density at radius 2 is 1.62 bits per heavy atom. The number of aliphatic hydroxyl groups excluding tert-OH is 1. The van der Waals surface area contributed by atoms with E-state index < -0.39 is 10.8 Å². The Morgan fingerprint density at radius 3 is 2.21 bits per heavy atom. The van der Waals surface area contributed by atoms with Crippen LogP contribution in [0, 0.1) is 10.8 Å². The van der Waals surface area contributed by atoms with Crippen LogP contribution in [0.5, 0.6) is 0 Å². The average Bonchev–Trinajstić information content (AvgIpc) is 2.66. The number of hydrogen-bond acceptors (Lipinski definition) is 4. The van der Waals surface area contributed by atoms with Gasteiger partial charge in [0.2, 0.25) is 0 Å². The fraction of sp³-hybridized carbons (Fsp3) is 0.348. The Hall–Kier alpha value is -2.17. The smallest absolute Gasteiger partial charge is 0.179 e. The molecule has 1 aliphatic carbocycles. The second-order valence-electron chi connectivity index (χ2n) is 8.33. The van der Waals surface area contributed by atoms with Crippen LogP contribution in [0.1, 0.15) is 45.7 Å². The van der Waals surface area contributed by atoms with Crippen molar-refractivity contribution in [2.45, 2.75) is 41.0 Å². The molecule has 0 aliphatic heterocycles. The first-order chi connectivity index (χ1) is 13.4. The van der Waals surface area contributed by atoms with Crippen molar-refractivity contribution in [3.05, 3.63) is 57.5 Å². The lowest BCUT2D eigenvalue weighted by Crippen LogP contribution is -2.48. The molecule has 0 atom stereocenters. The molecule has 0 bridgehead atoms. The predicted molar refractivity (Wildman–Crippen MR) is 116 cm³/mol. The number of ketones is 2. The number of hydrogen-bond donors (Lipinski definition) is 1. The van der Waals surface area contributed by atoms with E-state index in [2.05, 4.69) is 4.98 Å². The first-order valence-electron chi connectivity index (χ1n) is 9.42. The highest BCUT2D eigenvalue weighted by Crippen LogP contribution is 2.47. The van der Waals surface area contributed by atoms with Crippen molar-refractivity contribution in [3.8, 4) is 11.1 Å². The van der Waals surface area contributed by atoms with E-state index in [4.69, 9.17) is 23.2 Å². The molecule has 0 fully saturated rings. The van der Waals surface area contributed by atoms with Crippen molar-refractivity contribution in [3.63, 3.8) is 0 Å². The number of halogens is 2. The van der Waals surface area contributed by atoms with Crippen molar-refractivity contribution >= 4 is 40.3 Å². The number of Topliss-reactive ketones (excluding diaryl/α,β-unsaturated/α-hetero) is 2. The van der Waals surface area contributed by atoms with E-state index in [9.17, 15) is 14.7 Å². The van der Waals surface area contributed by atoms with Gasteiger partial charge in [0.15, 0.2) is 11.6 Å². The van der Waals surface area contributed by atoms with Crippen LogP contribution in [0.15, 0.2) is 36.1 Å². The molecule has 1 aromatic carbocycles. The molecule has 1 aromatic heterocycles. The van der Waals surface area contributed by atoms with Crippen LogP contribution in [0.2, 0.25) is 10.3 Å². The lowest BCUT2D eigenvalue weighted by molar-refractivity contribution is -0.143. The quantitative estimate of drug-likeness (QED) is 0.471. The Balaban J connectivity index is 2.31. The van der Waals surface area contributed by atoms with Gasteiger partial charge in [0.1, 0.15) is 16.1 Å². The average molecular weight is 432 g/mol. The van der Waals surface area contributed by atoms with Gasteiger partial charge in [-0.25, -0.2) is 4.98 Å². The number of benzene rings is 1. The minimum atomic E-state index is -1.23. The van der Waals surface area contributed by atoms with Crippen molar-refractivity contribution in [2.24, 2.45) is 10.8 Å². The zero-order chi connectivity index (χ0) is 21.7. The van der Waals surface area contributed by atoms with E-state index in [1.54, 1.807) is 39.8 Å². The van der Waals surface area contributed by atoms with E-state index in [0.29, 0.717) is 17.5 Å². The molecule has 3 rings (SSSR count). The van der Waals surface area contributed by atoms with Crippen molar-refractivity contribution in [1.82, 2.24) is 4.98 Å². The predicted octanol–water partition coefficient (Wildman–Crippen LogP) is 6.09. The third-order valence-electron chi connectivity index (χ3n) is 5.64. The summed E-state index contributed by atoms with van der Waals surface area (Å²) in [5.74, 6) is -0.874. The maximum Gasteiger partial charge on any atom is 0.179 e. The maximum absolute atomic E-state index is 13.3. The van der Waals surface area contributed by atoms with Gasteiger partial charge in [0.25, 0.3) is 0 Å². The molecule has 1 aliphatic rings. The van der Waals surface area contributed by atoms with E-state index in [1.165, 1.54) is 0 Å². The first kappa shape index (κ1) is 21.5. The van der Waals surface area contributed by atoms with Crippen molar-refractivity contribution in [1.29, 1.82) is 0 Å². The summed E-state index contributed by atoms with van der Waals surface area (Å²) in [7, 11) is 0.